The smallest absolute Gasteiger partial charge is 0.182 e. The van der Waals surface area contributed by atoms with Crippen molar-refractivity contribution in [3.8, 4) is 0 Å². The molecule has 2 fully saturated rings. The van der Waals surface area contributed by atoms with Crippen LogP contribution in [0.3, 0.4) is 0 Å². The molecule has 4 N–H and O–H groups in total. The Kier molecular flexibility index (Phi) is 2.71. The zero-order valence-corrected chi connectivity index (χ0v) is 11.7. The fourth-order valence-electron chi connectivity index (χ4n) is 4.21. The highest BCUT2D eigenvalue weighted by Crippen LogP contribution is 2.53. The molecule has 2 aliphatic rings. The van der Waals surface area contributed by atoms with E-state index in [2.05, 4.69) is 15.0 Å². The van der Waals surface area contributed by atoms with Crippen LogP contribution in [0.5, 0.6) is 0 Å². The first-order valence-electron chi connectivity index (χ1n) is 7.43. The van der Waals surface area contributed by atoms with Crippen LogP contribution in [0.25, 0.3) is 11.2 Å². The number of rotatable bonds is 1. The van der Waals surface area contributed by atoms with Crippen LogP contribution in [0, 0.1) is 10.8 Å². The Labute approximate surface area is 121 Å². The Morgan fingerprint density at radius 2 is 2.19 bits per heavy atom. The van der Waals surface area contributed by atoms with E-state index in [9.17, 15) is 10.2 Å². The number of nitrogens with zero attached hydrogens (tertiary/aromatic N) is 3. The molecule has 21 heavy (non-hydrogen) atoms. The minimum atomic E-state index is -0.510. The minimum Gasteiger partial charge on any atom is -0.392 e. The molecule has 7 heteroatoms. The number of hydrogen-bond acceptors (Lipinski definition) is 5. The molecule has 0 radical (unpaired) electrons. The predicted octanol–water partition coefficient (Wildman–Crippen LogP) is 0.466. The molecular weight excluding hydrogens is 270 g/mol. The third-order valence-electron chi connectivity index (χ3n) is 5.37. The van der Waals surface area contributed by atoms with Gasteiger partial charge in [0.15, 0.2) is 11.1 Å². The van der Waals surface area contributed by atoms with Crippen molar-refractivity contribution in [1.29, 1.82) is 5.41 Å². The minimum absolute atomic E-state index is 0.000417. The number of fused-ring (bicyclic) bond motifs is 1. The molecule has 7 nitrogen and oxygen atoms in total. The first-order valence-corrected chi connectivity index (χ1v) is 7.43. The Morgan fingerprint density at radius 3 is 2.95 bits per heavy atom. The van der Waals surface area contributed by atoms with Crippen LogP contribution in [0.1, 0.15) is 38.1 Å². The second-order valence-corrected chi connectivity index (χ2v) is 6.35. The third-order valence-corrected chi connectivity index (χ3v) is 5.37. The highest BCUT2D eigenvalue weighted by molar-refractivity contribution is 5.67. The zero-order valence-electron chi connectivity index (χ0n) is 11.7. The van der Waals surface area contributed by atoms with Crippen molar-refractivity contribution in [2.24, 2.45) is 5.41 Å². The summed E-state index contributed by atoms with van der Waals surface area (Å²) in [5, 5.41) is 29.0. The lowest BCUT2D eigenvalue weighted by atomic mass is 9.80. The van der Waals surface area contributed by atoms with Gasteiger partial charge in [0.1, 0.15) is 5.52 Å². The maximum Gasteiger partial charge on any atom is 0.182 e. The number of aliphatic hydroxyl groups excluding tert-OH is 2. The lowest BCUT2D eigenvalue weighted by molar-refractivity contribution is -0.0302. The fraction of sp³-hybridized carbons (Fsp3) is 0.643. The second kappa shape index (κ2) is 4.38. The molecule has 1 spiro atoms. The summed E-state index contributed by atoms with van der Waals surface area (Å²) in [6.45, 7) is 0. The van der Waals surface area contributed by atoms with Crippen LogP contribution in [0.2, 0.25) is 0 Å². The summed E-state index contributed by atoms with van der Waals surface area (Å²) >= 11 is 0. The summed E-state index contributed by atoms with van der Waals surface area (Å²) in [6, 6.07) is 0.000417. The van der Waals surface area contributed by atoms with Gasteiger partial charge in [-0.15, -0.1) is 0 Å². The monoisotopic (exact) mass is 289 g/mol. The van der Waals surface area contributed by atoms with Gasteiger partial charge in [-0.1, -0.05) is 6.42 Å². The van der Waals surface area contributed by atoms with E-state index in [-0.39, 0.29) is 6.04 Å². The molecule has 2 aromatic heterocycles. The van der Waals surface area contributed by atoms with Gasteiger partial charge in [0.2, 0.25) is 0 Å². The first kappa shape index (κ1) is 13.0. The number of imidazole rings is 1. The van der Waals surface area contributed by atoms with Crippen molar-refractivity contribution in [2.45, 2.75) is 50.4 Å². The normalized spacial score (nSPS) is 36.0. The van der Waals surface area contributed by atoms with Gasteiger partial charge in [0.25, 0.3) is 0 Å². The van der Waals surface area contributed by atoms with Gasteiger partial charge in [0.05, 0.1) is 24.9 Å². The van der Waals surface area contributed by atoms with E-state index in [0.717, 1.165) is 19.3 Å². The number of aromatic amines is 1. The van der Waals surface area contributed by atoms with Gasteiger partial charge in [0, 0.05) is 11.5 Å². The molecule has 2 aromatic rings. The maximum absolute atomic E-state index is 10.5. The second-order valence-electron chi connectivity index (χ2n) is 6.35. The molecule has 2 heterocycles. The van der Waals surface area contributed by atoms with Crippen molar-refractivity contribution in [2.75, 3.05) is 0 Å². The van der Waals surface area contributed by atoms with Crippen molar-refractivity contribution in [1.82, 2.24) is 19.5 Å². The van der Waals surface area contributed by atoms with Crippen molar-refractivity contribution < 1.29 is 10.2 Å². The van der Waals surface area contributed by atoms with E-state index in [4.69, 9.17) is 5.41 Å². The van der Waals surface area contributed by atoms with Gasteiger partial charge in [-0.05, 0) is 25.7 Å². The predicted molar refractivity (Wildman–Crippen MR) is 74.3 cm³/mol. The van der Waals surface area contributed by atoms with Gasteiger partial charge in [-0.2, -0.15) is 0 Å². The maximum atomic E-state index is 10.5. The Balaban J connectivity index is 1.74. The average molecular weight is 289 g/mol. The van der Waals surface area contributed by atoms with E-state index >= 15 is 0 Å². The summed E-state index contributed by atoms with van der Waals surface area (Å²) in [5.41, 5.74) is 1.08. The largest absolute Gasteiger partial charge is 0.392 e. The standard InChI is InChI=1S/C14H19N5O2/c15-12-11-13(17-6-16-11)18-7-19(12)8-4-10(21)14(5-8)3-1-2-9(14)20/h6-10,15,20-21H,1-5H2,(H,16,17)/t8-,9+,10-,14?/m1/s1. The molecule has 0 aromatic carbocycles. The molecule has 0 amide bonds. The molecule has 0 saturated heterocycles. The molecule has 4 atom stereocenters. The van der Waals surface area contributed by atoms with E-state index in [0.29, 0.717) is 29.5 Å². The molecule has 2 aliphatic carbocycles. The van der Waals surface area contributed by atoms with Crippen LogP contribution in [0.4, 0.5) is 0 Å². The highest BCUT2D eigenvalue weighted by Gasteiger charge is 2.53. The number of aliphatic hydroxyl groups is 2. The van der Waals surface area contributed by atoms with Gasteiger partial charge in [-0.3, -0.25) is 5.41 Å². The summed E-state index contributed by atoms with van der Waals surface area (Å²) in [6.07, 6.45) is 6.07. The van der Waals surface area contributed by atoms with Crippen molar-refractivity contribution in [3.05, 3.63) is 18.1 Å². The average Bonchev–Trinajstić information content (AvgIpc) is 3.14. The Bertz CT molecular complexity index is 738. The van der Waals surface area contributed by atoms with Gasteiger partial charge in [-0.25, -0.2) is 9.97 Å². The summed E-state index contributed by atoms with van der Waals surface area (Å²) < 4.78 is 1.80. The number of hydrogen-bond donors (Lipinski definition) is 4. The summed E-state index contributed by atoms with van der Waals surface area (Å²) in [4.78, 5) is 11.3. The number of aromatic nitrogens is 4. The summed E-state index contributed by atoms with van der Waals surface area (Å²) in [5.74, 6) is 0. The molecule has 112 valence electrons. The molecule has 2 saturated carbocycles. The van der Waals surface area contributed by atoms with E-state index in [1.165, 1.54) is 6.33 Å². The van der Waals surface area contributed by atoms with Gasteiger partial charge >= 0.3 is 0 Å². The van der Waals surface area contributed by atoms with Crippen LogP contribution < -0.4 is 5.49 Å². The fourth-order valence-corrected chi connectivity index (χ4v) is 4.21. The quantitative estimate of drug-likeness (QED) is 0.611. The molecule has 0 aliphatic heterocycles. The molecular formula is C14H19N5O2. The molecule has 1 unspecified atom stereocenters. The Hall–Kier alpha value is -1.73. The topological polar surface area (TPSA) is 111 Å². The number of nitrogens with one attached hydrogen (secondary N) is 2. The van der Waals surface area contributed by atoms with Crippen molar-refractivity contribution in [3.63, 3.8) is 0 Å². The van der Waals surface area contributed by atoms with Crippen molar-refractivity contribution >= 4 is 11.2 Å². The lowest BCUT2D eigenvalue weighted by Crippen LogP contribution is -2.37. The van der Waals surface area contributed by atoms with E-state index in [1.54, 1.807) is 10.9 Å². The Morgan fingerprint density at radius 1 is 1.33 bits per heavy atom. The van der Waals surface area contributed by atoms with Crippen LogP contribution >= 0.6 is 0 Å². The molecule has 0 bridgehead atoms. The van der Waals surface area contributed by atoms with Crippen LogP contribution in [0.15, 0.2) is 12.7 Å². The molecule has 4 rings (SSSR count). The highest BCUT2D eigenvalue weighted by atomic mass is 16.3. The SMILES string of the molecule is N=c1c2[nH]cnc2ncn1[C@@H]1C[C@@H](O)C2(CCC[C@@H]2O)C1. The summed E-state index contributed by atoms with van der Waals surface area (Å²) in [7, 11) is 0. The first-order chi connectivity index (χ1) is 10.1. The third kappa shape index (κ3) is 1.70. The van der Waals surface area contributed by atoms with E-state index in [1.807, 2.05) is 0 Å². The van der Waals surface area contributed by atoms with Crippen LogP contribution in [-0.2, 0) is 0 Å². The lowest BCUT2D eigenvalue weighted by Gasteiger charge is -2.31. The number of H-pyrrole nitrogens is 1. The zero-order chi connectivity index (χ0) is 14.6. The van der Waals surface area contributed by atoms with Gasteiger partial charge < -0.3 is 19.8 Å². The van der Waals surface area contributed by atoms with Crippen LogP contribution in [-0.4, -0.2) is 41.9 Å². The van der Waals surface area contributed by atoms with E-state index < -0.39 is 17.6 Å².